The highest BCUT2D eigenvalue weighted by atomic mass is 79.9. The molecule has 1 aliphatic heterocycles. The van der Waals surface area contributed by atoms with Crippen molar-refractivity contribution in [2.24, 2.45) is 5.92 Å². The summed E-state index contributed by atoms with van der Waals surface area (Å²) in [6.07, 6.45) is 0. The van der Waals surface area contributed by atoms with E-state index in [1.54, 1.807) is 17.8 Å². The molecule has 1 aromatic rings. The van der Waals surface area contributed by atoms with Crippen molar-refractivity contribution in [3.05, 3.63) is 33.8 Å². The second kappa shape index (κ2) is 6.40. The maximum Gasteiger partial charge on any atom is 0.327 e. The third-order valence-electron chi connectivity index (χ3n) is 3.55. The minimum absolute atomic E-state index is 0.100. The highest BCUT2D eigenvalue weighted by Crippen LogP contribution is 2.35. The molecule has 1 saturated heterocycles. The SMILES string of the molecule is Cc1ccc(Br)cc1C(=O)N1C(C(=O)O)CSC1C(C)C. The maximum atomic E-state index is 12.9. The van der Waals surface area contributed by atoms with E-state index in [1.807, 2.05) is 32.9 Å². The fourth-order valence-corrected chi connectivity index (χ4v) is 4.28. The van der Waals surface area contributed by atoms with E-state index in [4.69, 9.17) is 0 Å². The van der Waals surface area contributed by atoms with Gasteiger partial charge in [0.1, 0.15) is 6.04 Å². The van der Waals surface area contributed by atoms with Crippen LogP contribution in [0.3, 0.4) is 0 Å². The van der Waals surface area contributed by atoms with Gasteiger partial charge in [0.05, 0.1) is 5.37 Å². The molecule has 1 aromatic carbocycles. The molecule has 1 N–H and O–H groups in total. The van der Waals surface area contributed by atoms with Crippen LogP contribution < -0.4 is 0 Å². The number of carbonyl (C=O) groups is 2. The summed E-state index contributed by atoms with van der Waals surface area (Å²) < 4.78 is 0.816. The van der Waals surface area contributed by atoms with Gasteiger partial charge in [-0.15, -0.1) is 11.8 Å². The first kappa shape index (κ1) is 16.4. The molecule has 0 radical (unpaired) electrons. The number of benzene rings is 1. The lowest BCUT2D eigenvalue weighted by Gasteiger charge is -2.30. The number of carboxylic acids is 1. The van der Waals surface area contributed by atoms with E-state index in [9.17, 15) is 14.7 Å². The van der Waals surface area contributed by atoms with E-state index in [0.29, 0.717) is 11.3 Å². The zero-order valence-electron chi connectivity index (χ0n) is 12.2. The third kappa shape index (κ3) is 3.26. The largest absolute Gasteiger partial charge is 0.480 e. The molecule has 2 rings (SSSR count). The van der Waals surface area contributed by atoms with Crippen molar-refractivity contribution in [3.8, 4) is 0 Å². The molecule has 114 valence electrons. The number of aliphatic carboxylic acids is 1. The van der Waals surface area contributed by atoms with Gasteiger partial charge in [-0.1, -0.05) is 35.8 Å². The van der Waals surface area contributed by atoms with Crippen LogP contribution in [0.25, 0.3) is 0 Å². The Bertz CT molecular complexity index is 576. The van der Waals surface area contributed by atoms with Crippen molar-refractivity contribution in [2.45, 2.75) is 32.2 Å². The number of carboxylic acid groups (broad SMARTS) is 1. The topological polar surface area (TPSA) is 57.6 Å². The number of hydrogen-bond donors (Lipinski definition) is 1. The standard InChI is InChI=1S/C15H18BrNO3S/c1-8(2)14-17(12(7-21-14)15(19)20)13(18)11-6-10(16)5-4-9(11)3/h4-6,8,12,14H,7H2,1-3H3,(H,19,20). The summed E-state index contributed by atoms with van der Waals surface area (Å²) in [5, 5.41) is 9.29. The van der Waals surface area contributed by atoms with Crippen molar-refractivity contribution in [1.29, 1.82) is 0 Å². The van der Waals surface area contributed by atoms with Crippen LogP contribution >= 0.6 is 27.7 Å². The van der Waals surface area contributed by atoms with Gasteiger partial charge in [-0.2, -0.15) is 0 Å². The number of carbonyl (C=O) groups excluding carboxylic acids is 1. The molecule has 0 aliphatic carbocycles. The van der Waals surface area contributed by atoms with Gasteiger partial charge in [0.2, 0.25) is 0 Å². The second-order valence-electron chi connectivity index (χ2n) is 5.49. The molecule has 0 bridgehead atoms. The molecule has 0 saturated carbocycles. The molecule has 2 atom stereocenters. The first-order valence-corrected chi connectivity index (χ1v) is 8.60. The minimum atomic E-state index is -0.938. The number of hydrogen-bond acceptors (Lipinski definition) is 3. The molecule has 2 unspecified atom stereocenters. The van der Waals surface area contributed by atoms with Crippen LogP contribution in [0.4, 0.5) is 0 Å². The summed E-state index contributed by atoms with van der Waals surface area (Å²) >= 11 is 4.91. The number of amides is 1. The fraction of sp³-hybridized carbons (Fsp3) is 0.467. The Kier molecular flexibility index (Phi) is 4.99. The molecule has 6 heteroatoms. The molecule has 1 fully saturated rings. The highest BCUT2D eigenvalue weighted by molar-refractivity contribution is 9.10. The van der Waals surface area contributed by atoms with Crippen molar-refractivity contribution >= 4 is 39.6 Å². The molecule has 21 heavy (non-hydrogen) atoms. The number of halogens is 1. The van der Waals surface area contributed by atoms with Crippen LogP contribution in [0.2, 0.25) is 0 Å². The second-order valence-corrected chi connectivity index (χ2v) is 7.56. The van der Waals surface area contributed by atoms with Gasteiger partial charge in [0.15, 0.2) is 0 Å². The van der Waals surface area contributed by atoms with E-state index < -0.39 is 12.0 Å². The van der Waals surface area contributed by atoms with Crippen LogP contribution in [-0.4, -0.2) is 39.1 Å². The molecule has 1 amide bonds. The van der Waals surface area contributed by atoms with E-state index in [2.05, 4.69) is 15.9 Å². The smallest absolute Gasteiger partial charge is 0.327 e. The predicted molar refractivity (Wildman–Crippen MR) is 87.6 cm³/mol. The van der Waals surface area contributed by atoms with Gasteiger partial charge in [-0.05, 0) is 30.5 Å². The van der Waals surface area contributed by atoms with Gasteiger partial charge in [0.25, 0.3) is 5.91 Å². The van der Waals surface area contributed by atoms with Crippen LogP contribution in [0.15, 0.2) is 22.7 Å². The fourth-order valence-electron chi connectivity index (χ4n) is 2.45. The molecular weight excluding hydrogens is 354 g/mol. The van der Waals surface area contributed by atoms with Gasteiger partial charge in [-0.25, -0.2) is 4.79 Å². The summed E-state index contributed by atoms with van der Waals surface area (Å²) in [5.41, 5.74) is 1.41. The van der Waals surface area contributed by atoms with Crippen LogP contribution in [0.1, 0.15) is 29.8 Å². The Labute approximate surface area is 137 Å². The van der Waals surface area contributed by atoms with Gasteiger partial charge in [-0.3, -0.25) is 4.79 Å². The Morgan fingerprint density at radius 1 is 1.43 bits per heavy atom. The normalized spacial score (nSPS) is 21.9. The zero-order valence-corrected chi connectivity index (χ0v) is 14.6. The summed E-state index contributed by atoms with van der Waals surface area (Å²) in [7, 11) is 0. The van der Waals surface area contributed by atoms with Crippen molar-refractivity contribution < 1.29 is 14.7 Å². The first-order chi connectivity index (χ1) is 9.82. The Hall–Kier alpha value is -1.01. The number of rotatable bonds is 3. The lowest BCUT2D eigenvalue weighted by atomic mass is 10.1. The monoisotopic (exact) mass is 371 g/mol. The first-order valence-electron chi connectivity index (χ1n) is 6.76. The van der Waals surface area contributed by atoms with Crippen LogP contribution in [0, 0.1) is 12.8 Å². The molecule has 1 aliphatic rings. The molecule has 0 spiro atoms. The molecular formula is C15H18BrNO3S. The highest BCUT2D eigenvalue weighted by Gasteiger charge is 2.43. The van der Waals surface area contributed by atoms with E-state index in [0.717, 1.165) is 10.0 Å². The van der Waals surface area contributed by atoms with Crippen molar-refractivity contribution in [3.63, 3.8) is 0 Å². The number of aryl methyl sites for hydroxylation is 1. The molecule has 4 nitrogen and oxygen atoms in total. The average Bonchev–Trinajstić information content (AvgIpc) is 2.85. The minimum Gasteiger partial charge on any atom is -0.480 e. The number of thioether (sulfide) groups is 1. The predicted octanol–water partition coefficient (Wildman–Crippen LogP) is 3.38. The van der Waals surface area contributed by atoms with Gasteiger partial charge >= 0.3 is 5.97 Å². The lowest BCUT2D eigenvalue weighted by molar-refractivity contribution is -0.141. The molecule has 1 heterocycles. The Morgan fingerprint density at radius 3 is 2.67 bits per heavy atom. The lowest BCUT2D eigenvalue weighted by Crippen LogP contribution is -2.47. The van der Waals surface area contributed by atoms with Gasteiger partial charge in [0, 0.05) is 15.8 Å². The Morgan fingerprint density at radius 2 is 2.10 bits per heavy atom. The average molecular weight is 372 g/mol. The summed E-state index contributed by atoms with van der Waals surface area (Å²) in [4.78, 5) is 25.9. The molecule has 0 aromatic heterocycles. The third-order valence-corrected chi connectivity index (χ3v) is 5.67. The van der Waals surface area contributed by atoms with E-state index in [1.165, 1.54) is 4.90 Å². The van der Waals surface area contributed by atoms with Crippen molar-refractivity contribution in [1.82, 2.24) is 4.90 Å². The quantitative estimate of drug-likeness (QED) is 0.884. The van der Waals surface area contributed by atoms with Crippen LogP contribution in [-0.2, 0) is 4.79 Å². The van der Waals surface area contributed by atoms with Crippen molar-refractivity contribution in [2.75, 3.05) is 5.75 Å². The summed E-state index contributed by atoms with van der Waals surface area (Å²) in [5.74, 6) is -0.496. The summed E-state index contributed by atoms with van der Waals surface area (Å²) in [6, 6.07) is 4.74. The van der Waals surface area contributed by atoms with Crippen LogP contribution in [0.5, 0.6) is 0 Å². The van der Waals surface area contributed by atoms with E-state index in [-0.39, 0.29) is 17.2 Å². The zero-order chi connectivity index (χ0) is 15.7. The van der Waals surface area contributed by atoms with Gasteiger partial charge < -0.3 is 10.0 Å². The maximum absolute atomic E-state index is 12.9. The number of nitrogens with zero attached hydrogens (tertiary/aromatic N) is 1. The summed E-state index contributed by atoms with van der Waals surface area (Å²) in [6.45, 7) is 5.88. The Balaban J connectivity index is 2.41. The van der Waals surface area contributed by atoms with E-state index >= 15 is 0 Å².